The molecular weight excluding hydrogens is 266 g/mol. The van der Waals surface area contributed by atoms with Gasteiger partial charge in [0.15, 0.2) is 0 Å². The fourth-order valence-corrected chi connectivity index (χ4v) is 2.99. The Balaban J connectivity index is 1.68. The summed E-state index contributed by atoms with van der Waals surface area (Å²) in [5.74, 6) is 2.42. The molecule has 1 saturated carbocycles. The zero-order chi connectivity index (χ0) is 13.8. The monoisotopic (exact) mass is 287 g/mol. The van der Waals surface area contributed by atoms with Crippen molar-refractivity contribution in [2.45, 2.75) is 31.3 Å². The predicted molar refractivity (Wildman–Crippen MR) is 85.2 cm³/mol. The zero-order valence-corrected chi connectivity index (χ0v) is 12.5. The molecule has 3 rings (SSSR count). The van der Waals surface area contributed by atoms with Gasteiger partial charge in [0.05, 0.1) is 12.8 Å². The second-order valence-electron chi connectivity index (χ2n) is 5.53. The minimum Gasteiger partial charge on any atom is -0.468 e. The Morgan fingerprint density at radius 3 is 2.55 bits per heavy atom. The van der Waals surface area contributed by atoms with E-state index >= 15 is 0 Å². The molecule has 0 aliphatic heterocycles. The van der Waals surface area contributed by atoms with Gasteiger partial charge in [-0.2, -0.15) is 12.6 Å². The van der Waals surface area contributed by atoms with Gasteiger partial charge >= 0.3 is 0 Å². The molecule has 1 aliphatic rings. The number of rotatable bonds is 7. The van der Waals surface area contributed by atoms with Gasteiger partial charge < -0.3 is 4.42 Å². The molecule has 2 aromatic rings. The Morgan fingerprint density at radius 1 is 1.15 bits per heavy atom. The lowest BCUT2D eigenvalue weighted by Crippen LogP contribution is -2.31. The highest BCUT2D eigenvalue weighted by Crippen LogP contribution is 2.31. The molecule has 1 unspecified atom stereocenters. The summed E-state index contributed by atoms with van der Waals surface area (Å²) in [7, 11) is 0. The second-order valence-corrected chi connectivity index (χ2v) is 5.90. The Bertz CT molecular complexity index is 507. The van der Waals surface area contributed by atoms with Crippen molar-refractivity contribution in [2.24, 2.45) is 0 Å². The van der Waals surface area contributed by atoms with E-state index in [0.29, 0.717) is 5.92 Å². The molecule has 0 N–H and O–H groups in total. The quantitative estimate of drug-likeness (QED) is 0.776. The van der Waals surface area contributed by atoms with Crippen LogP contribution < -0.4 is 0 Å². The van der Waals surface area contributed by atoms with Crippen LogP contribution in [0.1, 0.15) is 30.1 Å². The van der Waals surface area contributed by atoms with Crippen LogP contribution in [-0.2, 0) is 6.54 Å². The van der Waals surface area contributed by atoms with Crippen molar-refractivity contribution < 1.29 is 4.42 Å². The molecule has 0 radical (unpaired) electrons. The number of furan rings is 1. The zero-order valence-electron chi connectivity index (χ0n) is 11.6. The molecular formula is C17H21NOS. The molecule has 1 aromatic heterocycles. The molecule has 0 spiro atoms. The Labute approximate surface area is 126 Å². The van der Waals surface area contributed by atoms with Crippen molar-refractivity contribution in [1.29, 1.82) is 0 Å². The number of hydrogen-bond donors (Lipinski definition) is 1. The first-order valence-electron chi connectivity index (χ1n) is 7.29. The van der Waals surface area contributed by atoms with Crippen molar-refractivity contribution in [3.8, 4) is 0 Å². The first-order chi connectivity index (χ1) is 9.86. The summed E-state index contributed by atoms with van der Waals surface area (Å²) in [6, 6.07) is 15.5. The van der Waals surface area contributed by atoms with Crippen molar-refractivity contribution in [2.75, 3.05) is 12.3 Å². The summed E-state index contributed by atoms with van der Waals surface area (Å²) >= 11 is 4.55. The van der Waals surface area contributed by atoms with E-state index in [2.05, 4.69) is 53.9 Å². The highest BCUT2D eigenvalue weighted by Gasteiger charge is 2.31. The van der Waals surface area contributed by atoms with E-state index in [1.54, 1.807) is 6.26 Å². The van der Waals surface area contributed by atoms with E-state index in [0.717, 1.165) is 30.6 Å². The van der Waals surface area contributed by atoms with E-state index in [4.69, 9.17) is 4.42 Å². The van der Waals surface area contributed by atoms with Crippen LogP contribution in [-0.4, -0.2) is 23.2 Å². The van der Waals surface area contributed by atoms with Crippen molar-refractivity contribution in [3.63, 3.8) is 0 Å². The summed E-state index contributed by atoms with van der Waals surface area (Å²) in [5.41, 5.74) is 1.38. The molecule has 1 aliphatic carbocycles. The number of benzene rings is 1. The largest absolute Gasteiger partial charge is 0.468 e. The van der Waals surface area contributed by atoms with Crippen LogP contribution in [0.25, 0.3) is 0 Å². The van der Waals surface area contributed by atoms with E-state index < -0.39 is 0 Å². The van der Waals surface area contributed by atoms with Gasteiger partial charge in [-0.05, 0) is 36.3 Å². The van der Waals surface area contributed by atoms with E-state index in [-0.39, 0.29) is 0 Å². The van der Waals surface area contributed by atoms with Gasteiger partial charge in [0.25, 0.3) is 0 Å². The lowest BCUT2D eigenvalue weighted by molar-refractivity contribution is 0.224. The van der Waals surface area contributed by atoms with Crippen LogP contribution in [0.2, 0.25) is 0 Å². The summed E-state index contributed by atoms with van der Waals surface area (Å²) in [6.07, 6.45) is 4.39. The van der Waals surface area contributed by atoms with Crippen LogP contribution >= 0.6 is 12.6 Å². The highest BCUT2D eigenvalue weighted by molar-refractivity contribution is 7.80. The van der Waals surface area contributed by atoms with Crippen LogP contribution in [0, 0.1) is 0 Å². The number of nitrogens with zero attached hydrogens (tertiary/aromatic N) is 1. The lowest BCUT2D eigenvalue weighted by atomic mass is 10.0. The maximum Gasteiger partial charge on any atom is 0.117 e. The van der Waals surface area contributed by atoms with Crippen molar-refractivity contribution in [1.82, 2.24) is 4.90 Å². The van der Waals surface area contributed by atoms with Gasteiger partial charge in [0.1, 0.15) is 5.76 Å². The maximum atomic E-state index is 5.50. The fourth-order valence-electron chi connectivity index (χ4n) is 2.66. The minimum absolute atomic E-state index is 0.482. The summed E-state index contributed by atoms with van der Waals surface area (Å²) in [5, 5.41) is 0. The van der Waals surface area contributed by atoms with Crippen LogP contribution in [0.5, 0.6) is 0 Å². The van der Waals surface area contributed by atoms with Gasteiger partial charge in [-0.15, -0.1) is 0 Å². The van der Waals surface area contributed by atoms with Crippen LogP contribution in [0.3, 0.4) is 0 Å². The van der Waals surface area contributed by atoms with Gasteiger partial charge in [-0.25, -0.2) is 0 Å². The molecule has 0 saturated heterocycles. The Kier molecular flexibility index (Phi) is 4.48. The van der Waals surface area contributed by atoms with E-state index in [1.807, 2.05) is 6.07 Å². The molecule has 20 heavy (non-hydrogen) atoms. The molecule has 0 amide bonds. The van der Waals surface area contributed by atoms with E-state index in [1.165, 1.54) is 18.4 Å². The first-order valence-corrected chi connectivity index (χ1v) is 7.92. The second kappa shape index (κ2) is 6.51. The van der Waals surface area contributed by atoms with Gasteiger partial charge in [0, 0.05) is 18.5 Å². The summed E-state index contributed by atoms with van der Waals surface area (Å²) < 4.78 is 5.50. The summed E-state index contributed by atoms with van der Waals surface area (Å²) in [6.45, 7) is 1.97. The molecule has 3 heteroatoms. The lowest BCUT2D eigenvalue weighted by Gasteiger charge is -2.26. The van der Waals surface area contributed by atoms with Crippen molar-refractivity contribution >= 4 is 12.6 Å². The SMILES string of the molecule is SCC(CN(Cc1ccco1)C1CC1)c1ccccc1. The molecule has 106 valence electrons. The molecule has 1 aromatic carbocycles. The van der Waals surface area contributed by atoms with E-state index in [9.17, 15) is 0 Å². The topological polar surface area (TPSA) is 16.4 Å². The average Bonchev–Trinajstić information content (AvgIpc) is 3.22. The molecule has 1 heterocycles. The third kappa shape index (κ3) is 3.47. The molecule has 1 atom stereocenters. The van der Waals surface area contributed by atoms with Gasteiger partial charge in [-0.3, -0.25) is 4.90 Å². The fraction of sp³-hybridized carbons (Fsp3) is 0.412. The van der Waals surface area contributed by atoms with Gasteiger partial charge in [-0.1, -0.05) is 30.3 Å². The number of thiol groups is 1. The predicted octanol–water partition coefficient (Wildman–Crippen LogP) is 3.96. The van der Waals surface area contributed by atoms with Crippen molar-refractivity contribution in [3.05, 3.63) is 60.1 Å². The minimum atomic E-state index is 0.482. The summed E-state index contributed by atoms with van der Waals surface area (Å²) in [4.78, 5) is 2.55. The maximum absolute atomic E-state index is 5.50. The Morgan fingerprint density at radius 2 is 1.95 bits per heavy atom. The molecule has 1 fully saturated rings. The standard InChI is InChI=1S/C17H21NOS/c20-13-15(14-5-2-1-3-6-14)11-18(16-8-9-16)12-17-7-4-10-19-17/h1-7,10,15-16,20H,8-9,11-13H2. The van der Waals surface area contributed by atoms with Crippen LogP contribution in [0.4, 0.5) is 0 Å². The molecule has 2 nitrogen and oxygen atoms in total. The third-order valence-electron chi connectivity index (χ3n) is 3.95. The Hall–Kier alpha value is -1.19. The average molecular weight is 287 g/mol. The van der Waals surface area contributed by atoms with Crippen LogP contribution in [0.15, 0.2) is 53.1 Å². The highest BCUT2D eigenvalue weighted by atomic mass is 32.1. The normalized spacial score (nSPS) is 16.5. The molecule has 0 bridgehead atoms. The number of hydrogen-bond acceptors (Lipinski definition) is 3. The first kappa shape index (κ1) is 13.8. The smallest absolute Gasteiger partial charge is 0.117 e. The third-order valence-corrected chi connectivity index (χ3v) is 4.39. The van der Waals surface area contributed by atoms with Gasteiger partial charge in [0.2, 0.25) is 0 Å².